The van der Waals surface area contributed by atoms with Crippen LogP contribution in [0.1, 0.15) is 73.6 Å². The SMILES string of the molecule is COC(=O)[C@@H]1C[C@H](N(C(C)=O)C2CCC(C)(C)CC2)CN1C(=O)OC(C)(C)C. The molecule has 1 heterocycles. The van der Waals surface area contributed by atoms with Crippen LogP contribution in [-0.2, 0) is 19.1 Å². The zero-order valence-electron chi connectivity index (χ0n) is 18.4. The van der Waals surface area contributed by atoms with E-state index in [0.29, 0.717) is 11.8 Å². The third kappa shape index (κ3) is 5.39. The molecule has 28 heavy (non-hydrogen) atoms. The Morgan fingerprint density at radius 3 is 2.11 bits per heavy atom. The lowest BCUT2D eigenvalue weighted by Gasteiger charge is -2.42. The molecule has 1 aliphatic carbocycles. The van der Waals surface area contributed by atoms with Gasteiger partial charge in [-0.05, 0) is 51.9 Å². The van der Waals surface area contributed by atoms with E-state index in [1.807, 2.05) is 4.90 Å². The molecule has 160 valence electrons. The maximum atomic E-state index is 12.7. The van der Waals surface area contributed by atoms with E-state index in [-0.39, 0.29) is 24.5 Å². The van der Waals surface area contributed by atoms with Crippen molar-refractivity contribution < 1.29 is 23.9 Å². The minimum atomic E-state index is -0.730. The van der Waals surface area contributed by atoms with Crippen molar-refractivity contribution in [2.75, 3.05) is 13.7 Å². The lowest BCUT2D eigenvalue weighted by molar-refractivity contribution is -0.146. The molecule has 2 amide bonds. The smallest absolute Gasteiger partial charge is 0.411 e. The predicted octanol–water partition coefficient (Wildman–Crippen LogP) is 3.35. The largest absolute Gasteiger partial charge is 0.467 e. The monoisotopic (exact) mass is 396 g/mol. The highest BCUT2D eigenvalue weighted by Gasteiger charge is 2.46. The van der Waals surface area contributed by atoms with Gasteiger partial charge in [0.1, 0.15) is 11.6 Å². The van der Waals surface area contributed by atoms with Gasteiger partial charge in [0, 0.05) is 25.9 Å². The maximum absolute atomic E-state index is 12.7. The van der Waals surface area contributed by atoms with Crippen molar-refractivity contribution >= 4 is 18.0 Å². The molecular formula is C21H36N2O5. The summed E-state index contributed by atoms with van der Waals surface area (Å²) in [7, 11) is 1.31. The summed E-state index contributed by atoms with van der Waals surface area (Å²) in [6.45, 7) is 11.7. The van der Waals surface area contributed by atoms with E-state index < -0.39 is 23.7 Å². The first kappa shape index (κ1) is 22.5. The molecule has 2 fully saturated rings. The average Bonchev–Trinajstić information content (AvgIpc) is 2.99. The summed E-state index contributed by atoms with van der Waals surface area (Å²) in [4.78, 5) is 40.8. The first-order chi connectivity index (χ1) is 12.8. The average molecular weight is 397 g/mol. The fraction of sp³-hybridized carbons (Fsp3) is 0.857. The van der Waals surface area contributed by atoms with Crippen LogP contribution in [0.4, 0.5) is 4.79 Å². The van der Waals surface area contributed by atoms with Crippen LogP contribution >= 0.6 is 0 Å². The molecule has 0 aromatic rings. The molecule has 2 aliphatic rings. The van der Waals surface area contributed by atoms with Crippen LogP contribution in [0.3, 0.4) is 0 Å². The van der Waals surface area contributed by atoms with Gasteiger partial charge in [0.2, 0.25) is 5.91 Å². The molecule has 0 N–H and O–H groups in total. The molecule has 7 heteroatoms. The van der Waals surface area contributed by atoms with E-state index in [0.717, 1.165) is 25.7 Å². The molecule has 0 radical (unpaired) electrons. The normalized spacial score (nSPS) is 25.3. The summed E-state index contributed by atoms with van der Waals surface area (Å²) in [6, 6.07) is -0.792. The van der Waals surface area contributed by atoms with Crippen molar-refractivity contribution in [1.29, 1.82) is 0 Å². The second-order valence-electron chi connectivity index (χ2n) is 9.88. The Kier molecular flexibility index (Phi) is 6.66. The number of carbonyl (C=O) groups is 3. The topological polar surface area (TPSA) is 76.2 Å². The van der Waals surface area contributed by atoms with Crippen LogP contribution in [0, 0.1) is 5.41 Å². The van der Waals surface area contributed by atoms with E-state index in [1.165, 1.54) is 12.0 Å². The summed E-state index contributed by atoms with van der Waals surface area (Å²) in [5.74, 6) is -0.481. The molecule has 0 unspecified atom stereocenters. The van der Waals surface area contributed by atoms with Crippen molar-refractivity contribution in [1.82, 2.24) is 9.80 Å². The maximum Gasteiger partial charge on any atom is 0.411 e. The van der Waals surface area contributed by atoms with Gasteiger partial charge in [0.15, 0.2) is 0 Å². The van der Waals surface area contributed by atoms with Crippen LogP contribution in [-0.4, -0.2) is 65.2 Å². The lowest BCUT2D eigenvalue weighted by Crippen LogP contribution is -2.49. The Bertz CT molecular complexity index is 600. The van der Waals surface area contributed by atoms with E-state index in [1.54, 1.807) is 27.7 Å². The zero-order chi connectivity index (χ0) is 21.3. The Morgan fingerprint density at radius 2 is 1.64 bits per heavy atom. The minimum absolute atomic E-state index is 0.00985. The number of rotatable bonds is 3. The Morgan fingerprint density at radius 1 is 1.07 bits per heavy atom. The molecule has 7 nitrogen and oxygen atoms in total. The third-order valence-corrected chi connectivity index (χ3v) is 5.84. The van der Waals surface area contributed by atoms with Gasteiger partial charge in [-0.2, -0.15) is 0 Å². The van der Waals surface area contributed by atoms with Crippen LogP contribution in [0.25, 0.3) is 0 Å². The summed E-state index contributed by atoms with van der Waals surface area (Å²) >= 11 is 0. The van der Waals surface area contributed by atoms with E-state index in [4.69, 9.17) is 9.47 Å². The van der Waals surface area contributed by atoms with Crippen LogP contribution in [0.5, 0.6) is 0 Å². The fourth-order valence-corrected chi connectivity index (χ4v) is 4.37. The van der Waals surface area contributed by atoms with Gasteiger partial charge in [-0.25, -0.2) is 9.59 Å². The standard InChI is InChI=1S/C21H36N2O5/c1-14(24)23(15-8-10-21(5,6)11-9-15)16-12-17(18(25)27-7)22(13-16)19(26)28-20(2,3)4/h15-17H,8-13H2,1-7H3/t16-,17-/m0/s1. The molecule has 0 aromatic heterocycles. The number of ether oxygens (including phenoxy) is 2. The van der Waals surface area contributed by atoms with Crippen molar-refractivity contribution in [2.45, 2.75) is 97.4 Å². The van der Waals surface area contributed by atoms with Gasteiger partial charge in [-0.3, -0.25) is 9.69 Å². The molecule has 0 aromatic carbocycles. The second-order valence-corrected chi connectivity index (χ2v) is 9.88. The van der Waals surface area contributed by atoms with Gasteiger partial charge in [-0.1, -0.05) is 13.8 Å². The van der Waals surface area contributed by atoms with Crippen molar-refractivity contribution in [3.63, 3.8) is 0 Å². The van der Waals surface area contributed by atoms with Crippen LogP contribution < -0.4 is 0 Å². The van der Waals surface area contributed by atoms with Gasteiger partial charge in [-0.15, -0.1) is 0 Å². The Hall–Kier alpha value is -1.79. The summed E-state index contributed by atoms with van der Waals surface area (Å²) < 4.78 is 10.4. The second kappa shape index (κ2) is 8.29. The highest BCUT2D eigenvalue weighted by atomic mass is 16.6. The Balaban J connectivity index is 2.20. The van der Waals surface area contributed by atoms with E-state index in [2.05, 4.69) is 13.8 Å². The number of hydrogen-bond donors (Lipinski definition) is 0. The number of likely N-dealkylation sites (tertiary alicyclic amines) is 1. The molecule has 0 spiro atoms. The number of carbonyl (C=O) groups excluding carboxylic acids is 3. The first-order valence-corrected chi connectivity index (χ1v) is 10.2. The van der Waals surface area contributed by atoms with Gasteiger partial charge in [0.05, 0.1) is 13.2 Å². The molecule has 2 rings (SSSR count). The van der Waals surface area contributed by atoms with Crippen LogP contribution in [0.2, 0.25) is 0 Å². The van der Waals surface area contributed by atoms with E-state index in [9.17, 15) is 14.4 Å². The molecule has 1 saturated carbocycles. The Labute approximate surface area is 168 Å². The molecule has 2 atom stereocenters. The number of hydrogen-bond acceptors (Lipinski definition) is 5. The first-order valence-electron chi connectivity index (χ1n) is 10.2. The van der Waals surface area contributed by atoms with Crippen molar-refractivity contribution in [3.8, 4) is 0 Å². The number of methoxy groups -OCH3 is 1. The van der Waals surface area contributed by atoms with E-state index >= 15 is 0 Å². The quantitative estimate of drug-likeness (QED) is 0.684. The molecule has 1 saturated heterocycles. The highest BCUT2D eigenvalue weighted by molar-refractivity contribution is 5.83. The fourth-order valence-electron chi connectivity index (χ4n) is 4.37. The minimum Gasteiger partial charge on any atom is -0.467 e. The summed E-state index contributed by atoms with van der Waals surface area (Å²) in [5.41, 5.74) is -0.364. The van der Waals surface area contributed by atoms with Crippen molar-refractivity contribution in [3.05, 3.63) is 0 Å². The zero-order valence-corrected chi connectivity index (χ0v) is 18.4. The predicted molar refractivity (Wildman–Crippen MR) is 106 cm³/mol. The van der Waals surface area contributed by atoms with Crippen molar-refractivity contribution in [2.24, 2.45) is 5.41 Å². The number of nitrogens with zero attached hydrogens (tertiary/aromatic N) is 2. The summed E-state index contributed by atoms with van der Waals surface area (Å²) in [6.07, 6.45) is 3.84. The highest BCUT2D eigenvalue weighted by Crippen LogP contribution is 2.39. The molecule has 1 aliphatic heterocycles. The van der Waals surface area contributed by atoms with Gasteiger partial charge in [0.25, 0.3) is 0 Å². The molecule has 0 bridgehead atoms. The molecular weight excluding hydrogens is 360 g/mol. The van der Waals surface area contributed by atoms with Crippen LogP contribution in [0.15, 0.2) is 0 Å². The van der Waals surface area contributed by atoms with Gasteiger partial charge < -0.3 is 14.4 Å². The lowest BCUT2D eigenvalue weighted by atomic mass is 9.75. The number of amides is 2. The van der Waals surface area contributed by atoms with Gasteiger partial charge >= 0.3 is 12.1 Å². The number of esters is 1. The third-order valence-electron chi connectivity index (χ3n) is 5.84. The summed E-state index contributed by atoms with van der Waals surface area (Å²) in [5, 5.41) is 0.